The van der Waals surface area contributed by atoms with E-state index in [-0.39, 0.29) is 17.9 Å². The van der Waals surface area contributed by atoms with E-state index in [9.17, 15) is 26.4 Å². The third kappa shape index (κ3) is 4.72. The number of ether oxygens (including phenoxy) is 1. The zero-order valence-electron chi connectivity index (χ0n) is 12.3. The Bertz CT molecular complexity index is 867. The molecule has 128 valence electrons. The van der Waals surface area contributed by atoms with Gasteiger partial charge in [0.15, 0.2) is 0 Å². The van der Waals surface area contributed by atoms with E-state index in [1.807, 2.05) is 0 Å². The van der Waals surface area contributed by atoms with Gasteiger partial charge < -0.3 is 4.74 Å². The van der Waals surface area contributed by atoms with Crippen LogP contribution in [0.5, 0.6) is 5.75 Å². The predicted molar refractivity (Wildman–Crippen MR) is 79.4 cm³/mol. The van der Waals surface area contributed by atoms with Crippen molar-refractivity contribution in [2.75, 3.05) is 6.26 Å². The van der Waals surface area contributed by atoms with Crippen molar-refractivity contribution in [1.29, 1.82) is 0 Å². The lowest BCUT2D eigenvalue weighted by atomic mass is 10.1. The Morgan fingerprint density at radius 2 is 1.71 bits per heavy atom. The van der Waals surface area contributed by atoms with Crippen molar-refractivity contribution in [3.05, 3.63) is 65.0 Å². The number of hydrogen-bond donors (Lipinski definition) is 1. The van der Waals surface area contributed by atoms with Gasteiger partial charge in [0.25, 0.3) is 5.91 Å². The van der Waals surface area contributed by atoms with Gasteiger partial charge in [0.2, 0.25) is 10.0 Å². The zero-order chi connectivity index (χ0) is 17.9. The number of sulfonamides is 1. The van der Waals surface area contributed by atoms with Crippen LogP contribution < -0.4 is 9.46 Å². The van der Waals surface area contributed by atoms with Crippen molar-refractivity contribution in [3.63, 3.8) is 0 Å². The maximum Gasteiger partial charge on any atom is 0.267 e. The van der Waals surface area contributed by atoms with Crippen molar-refractivity contribution < 1.29 is 31.1 Å². The fourth-order valence-electron chi connectivity index (χ4n) is 1.79. The summed E-state index contributed by atoms with van der Waals surface area (Å²) in [5.74, 6) is -3.55. The lowest BCUT2D eigenvalue weighted by Gasteiger charge is -2.10. The Labute approximate surface area is 136 Å². The van der Waals surface area contributed by atoms with Crippen LogP contribution in [0.2, 0.25) is 0 Å². The normalized spacial score (nSPS) is 11.2. The number of benzene rings is 2. The molecule has 2 aromatic carbocycles. The monoisotopic (exact) mass is 359 g/mol. The maximum absolute atomic E-state index is 14.0. The molecule has 0 atom stereocenters. The van der Waals surface area contributed by atoms with E-state index in [2.05, 4.69) is 0 Å². The summed E-state index contributed by atoms with van der Waals surface area (Å²) >= 11 is 0. The molecule has 0 bridgehead atoms. The van der Waals surface area contributed by atoms with Crippen LogP contribution in [-0.4, -0.2) is 20.6 Å². The molecule has 0 aliphatic rings. The van der Waals surface area contributed by atoms with Gasteiger partial charge in [-0.25, -0.2) is 26.3 Å². The molecule has 24 heavy (non-hydrogen) atoms. The summed E-state index contributed by atoms with van der Waals surface area (Å²) in [6.45, 7) is -0.359. The van der Waals surface area contributed by atoms with Crippen molar-refractivity contribution in [3.8, 4) is 5.75 Å². The largest absolute Gasteiger partial charge is 0.489 e. The predicted octanol–water partition coefficient (Wildman–Crippen LogP) is 2.37. The van der Waals surface area contributed by atoms with Crippen LogP contribution in [-0.2, 0) is 16.6 Å². The van der Waals surface area contributed by atoms with E-state index < -0.39 is 38.9 Å². The zero-order valence-corrected chi connectivity index (χ0v) is 13.2. The second kappa shape index (κ2) is 6.91. The Balaban J connectivity index is 2.17. The van der Waals surface area contributed by atoms with Crippen LogP contribution in [0.4, 0.5) is 13.2 Å². The number of carbonyl (C=O) groups is 1. The van der Waals surface area contributed by atoms with Crippen LogP contribution >= 0.6 is 0 Å². The van der Waals surface area contributed by atoms with E-state index in [0.717, 1.165) is 18.2 Å². The number of carbonyl (C=O) groups excluding carboxylic acids is 1. The average molecular weight is 359 g/mol. The lowest BCUT2D eigenvalue weighted by molar-refractivity contribution is 0.0977. The highest BCUT2D eigenvalue weighted by atomic mass is 32.2. The van der Waals surface area contributed by atoms with Crippen molar-refractivity contribution in [2.45, 2.75) is 6.61 Å². The van der Waals surface area contributed by atoms with Gasteiger partial charge in [0, 0.05) is 5.56 Å². The van der Waals surface area contributed by atoms with Crippen molar-refractivity contribution >= 4 is 15.9 Å². The van der Waals surface area contributed by atoms with Crippen molar-refractivity contribution in [2.24, 2.45) is 0 Å². The van der Waals surface area contributed by atoms with Crippen LogP contribution in [0.1, 0.15) is 15.9 Å². The number of halogens is 3. The first kappa shape index (κ1) is 17.8. The average Bonchev–Trinajstić information content (AvgIpc) is 2.47. The number of nitrogens with one attached hydrogen (secondary N) is 1. The van der Waals surface area contributed by atoms with Gasteiger partial charge >= 0.3 is 0 Å². The standard InChI is InChI=1S/C15H12F3NO4S/c1-24(21,22)19-15(20)12-7-13(17)9(6-14(12)18)8-23-11-4-2-10(16)3-5-11/h2-7H,8H2,1H3,(H,19,20). The Morgan fingerprint density at radius 3 is 2.29 bits per heavy atom. The van der Waals surface area contributed by atoms with Crippen LogP contribution in [0, 0.1) is 17.5 Å². The molecule has 0 aromatic heterocycles. The van der Waals surface area contributed by atoms with Gasteiger partial charge in [-0.2, -0.15) is 0 Å². The number of hydrogen-bond acceptors (Lipinski definition) is 4. The van der Waals surface area contributed by atoms with E-state index in [1.54, 1.807) is 4.72 Å². The second-order valence-electron chi connectivity index (χ2n) is 4.87. The van der Waals surface area contributed by atoms with E-state index in [1.165, 1.54) is 12.1 Å². The molecule has 1 N–H and O–H groups in total. The molecular weight excluding hydrogens is 347 g/mol. The minimum atomic E-state index is -3.91. The molecule has 0 fully saturated rings. The van der Waals surface area contributed by atoms with Gasteiger partial charge in [0.05, 0.1) is 11.8 Å². The minimum Gasteiger partial charge on any atom is -0.489 e. The Hall–Kier alpha value is -2.55. The summed E-state index contributed by atoms with van der Waals surface area (Å²) in [7, 11) is -3.91. The summed E-state index contributed by atoms with van der Waals surface area (Å²) in [4.78, 5) is 11.6. The maximum atomic E-state index is 14.0. The van der Waals surface area contributed by atoms with Crippen LogP contribution in [0.3, 0.4) is 0 Å². The number of amides is 1. The van der Waals surface area contributed by atoms with E-state index >= 15 is 0 Å². The van der Waals surface area contributed by atoms with Crippen LogP contribution in [0.15, 0.2) is 36.4 Å². The molecule has 2 aromatic rings. The van der Waals surface area contributed by atoms with Gasteiger partial charge in [-0.3, -0.25) is 4.79 Å². The third-order valence-corrected chi connectivity index (χ3v) is 3.42. The SMILES string of the molecule is CS(=O)(=O)NC(=O)c1cc(F)c(COc2ccc(F)cc2)cc1F. The first-order valence-corrected chi connectivity index (χ1v) is 8.43. The van der Waals surface area contributed by atoms with E-state index in [0.29, 0.717) is 12.3 Å². The Kier molecular flexibility index (Phi) is 5.13. The molecule has 5 nitrogen and oxygen atoms in total. The lowest BCUT2D eigenvalue weighted by Crippen LogP contribution is -2.30. The molecule has 0 saturated carbocycles. The molecule has 0 heterocycles. The highest BCUT2D eigenvalue weighted by Crippen LogP contribution is 2.18. The molecule has 9 heteroatoms. The topological polar surface area (TPSA) is 72.5 Å². The molecule has 0 aliphatic carbocycles. The summed E-state index contributed by atoms with van der Waals surface area (Å²) in [6.07, 6.45) is 0.712. The second-order valence-corrected chi connectivity index (χ2v) is 6.62. The quantitative estimate of drug-likeness (QED) is 0.890. The summed E-state index contributed by atoms with van der Waals surface area (Å²) in [5, 5.41) is 0. The fourth-order valence-corrected chi connectivity index (χ4v) is 2.23. The first-order valence-electron chi connectivity index (χ1n) is 6.54. The molecule has 0 saturated heterocycles. The summed E-state index contributed by atoms with van der Waals surface area (Å²) < 4.78 is 69.3. The molecule has 0 spiro atoms. The molecule has 0 radical (unpaired) electrons. The Morgan fingerprint density at radius 1 is 1.08 bits per heavy atom. The van der Waals surface area contributed by atoms with Crippen molar-refractivity contribution in [1.82, 2.24) is 4.72 Å². The van der Waals surface area contributed by atoms with Gasteiger partial charge in [-0.15, -0.1) is 0 Å². The van der Waals surface area contributed by atoms with Gasteiger partial charge in [-0.1, -0.05) is 0 Å². The first-order chi connectivity index (χ1) is 11.2. The summed E-state index contributed by atoms with van der Waals surface area (Å²) in [5.41, 5.74) is -0.934. The third-order valence-electron chi connectivity index (χ3n) is 2.87. The summed E-state index contributed by atoms with van der Waals surface area (Å²) in [6, 6.07) is 6.24. The van der Waals surface area contributed by atoms with E-state index in [4.69, 9.17) is 4.74 Å². The minimum absolute atomic E-state index is 0.187. The highest BCUT2D eigenvalue weighted by Gasteiger charge is 2.19. The highest BCUT2D eigenvalue weighted by molar-refractivity contribution is 7.89. The molecule has 2 rings (SSSR count). The molecule has 0 unspecified atom stereocenters. The van der Waals surface area contributed by atoms with Crippen LogP contribution in [0.25, 0.3) is 0 Å². The molecule has 0 aliphatic heterocycles. The van der Waals surface area contributed by atoms with Gasteiger partial charge in [-0.05, 0) is 36.4 Å². The van der Waals surface area contributed by atoms with Gasteiger partial charge in [0.1, 0.15) is 29.8 Å². The molecule has 1 amide bonds. The molecular formula is C15H12F3NO4S. The number of rotatable bonds is 5. The smallest absolute Gasteiger partial charge is 0.267 e. The fraction of sp³-hybridized carbons (Fsp3) is 0.133.